The lowest BCUT2D eigenvalue weighted by atomic mass is 9.91. The van der Waals surface area contributed by atoms with Crippen molar-refractivity contribution in [1.82, 2.24) is 0 Å². The third-order valence-electron chi connectivity index (χ3n) is 2.89. The van der Waals surface area contributed by atoms with Gasteiger partial charge in [-0.25, -0.2) is 0 Å². The summed E-state index contributed by atoms with van der Waals surface area (Å²) < 4.78 is 0. The molecule has 0 aliphatic heterocycles. The van der Waals surface area contributed by atoms with Gasteiger partial charge in [0, 0.05) is 6.42 Å². The predicted octanol–water partition coefficient (Wildman–Crippen LogP) is 2.90. The molecule has 0 aromatic heterocycles. The minimum absolute atomic E-state index is 0.231. The lowest BCUT2D eigenvalue weighted by Gasteiger charge is -2.15. The molecule has 0 radical (unpaired) electrons. The van der Waals surface area contributed by atoms with E-state index in [4.69, 9.17) is 5.73 Å². The van der Waals surface area contributed by atoms with Crippen LogP contribution in [0.1, 0.15) is 59.3 Å². The molecule has 2 atom stereocenters. The van der Waals surface area contributed by atoms with Crippen LogP contribution in [0.5, 0.6) is 0 Å². The fourth-order valence-electron chi connectivity index (χ4n) is 1.61. The van der Waals surface area contributed by atoms with Gasteiger partial charge in [-0.3, -0.25) is 4.79 Å². The Labute approximate surface area is 88.3 Å². The maximum Gasteiger partial charge on any atom is 0.149 e. The number of carbonyl (C=O) groups is 1. The molecule has 2 heteroatoms. The van der Waals surface area contributed by atoms with Crippen molar-refractivity contribution in [2.24, 2.45) is 11.7 Å². The van der Waals surface area contributed by atoms with Crippen molar-refractivity contribution in [3.8, 4) is 0 Å². The second-order valence-corrected chi connectivity index (χ2v) is 4.10. The van der Waals surface area contributed by atoms with Gasteiger partial charge in [-0.2, -0.15) is 0 Å². The normalized spacial score (nSPS) is 15.1. The molecule has 2 unspecified atom stereocenters. The van der Waals surface area contributed by atoms with Gasteiger partial charge in [0.25, 0.3) is 0 Å². The van der Waals surface area contributed by atoms with E-state index in [2.05, 4.69) is 13.8 Å². The Bertz CT molecular complexity index is 156. The third kappa shape index (κ3) is 5.38. The van der Waals surface area contributed by atoms with E-state index in [0.717, 1.165) is 12.8 Å². The number of nitrogens with two attached hydrogens (primary N) is 1. The van der Waals surface area contributed by atoms with Crippen molar-refractivity contribution < 1.29 is 4.79 Å². The lowest BCUT2D eigenvalue weighted by Crippen LogP contribution is -2.30. The summed E-state index contributed by atoms with van der Waals surface area (Å²) >= 11 is 0. The molecule has 0 aromatic rings. The van der Waals surface area contributed by atoms with Crippen LogP contribution in [0.3, 0.4) is 0 Å². The Morgan fingerprint density at radius 1 is 1.21 bits per heavy atom. The van der Waals surface area contributed by atoms with Gasteiger partial charge in [0.1, 0.15) is 5.78 Å². The Hall–Kier alpha value is -0.370. The zero-order chi connectivity index (χ0) is 11.0. The maximum atomic E-state index is 11.6. The number of Topliss-reactive ketones (excluding diaryl/α,β-unsaturated/α-hetero) is 1. The standard InChI is InChI=1S/C12H25NO/c1-4-7-8-10(5-2)9-12(14)11(13)6-3/h10-11H,4-9,13H2,1-3H3. The molecular weight excluding hydrogens is 174 g/mol. The highest BCUT2D eigenvalue weighted by Crippen LogP contribution is 2.17. The van der Waals surface area contributed by atoms with Crippen LogP contribution in [0, 0.1) is 5.92 Å². The van der Waals surface area contributed by atoms with Crippen molar-refractivity contribution in [2.75, 3.05) is 0 Å². The highest BCUT2D eigenvalue weighted by Gasteiger charge is 2.16. The number of hydrogen-bond donors (Lipinski definition) is 1. The largest absolute Gasteiger partial charge is 0.322 e. The molecule has 0 heterocycles. The highest BCUT2D eigenvalue weighted by molar-refractivity contribution is 5.83. The summed E-state index contributed by atoms with van der Waals surface area (Å²) in [7, 11) is 0. The first-order valence-corrected chi connectivity index (χ1v) is 5.93. The average molecular weight is 199 g/mol. The fraction of sp³-hybridized carbons (Fsp3) is 0.917. The summed E-state index contributed by atoms with van der Waals surface area (Å²) in [6.07, 6.45) is 6.17. The molecule has 2 N–H and O–H groups in total. The van der Waals surface area contributed by atoms with Gasteiger partial charge in [0.15, 0.2) is 0 Å². The molecular formula is C12H25NO. The fourth-order valence-corrected chi connectivity index (χ4v) is 1.61. The molecule has 0 bridgehead atoms. The third-order valence-corrected chi connectivity index (χ3v) is 2.89. The van der Waals surface area contributed by atoms with E-state index in [1.165, 1.54) is 19.3 Å². The topological polar surface area (TPSA) is 43.1 Å². The monoisotopic (exact) mass is 199 g/mol. The van der Waals surface area contributed by atoms with Crippen LogP contribution in [-0.2, 0) is 4.79 Å². The van der Waals surface area contributed by atoms with Crippen molar-refractivity contribution >= 4 is 5.78 Å². The minimum atomic E-state index is -0.231. The van der Waals surface area contributed by atoms with Crippen LogP contribution in [0.15, 0.2) is 0 Å². The van der Waals surface area contributed by atoms with Gasteiger partial charge in [-0.15, -0.1) is 0 Å². The van der Waals surface area contributed by atoms with Gasteiger partial charge >= 0.3 is 0 Å². The summed E-state index contributed by atoms with van der Waals surface area (Å²) in [6, 6.07) is -0.231. The van der Waals surface area contributed by atoms with Crippen molar-refractivity contribution in [1.29, 1.82) is 0 Å². The number of unbranched alkanes of at least 4 members (excludes halogenated alkanes) is 1. The predicted molar refractivity (Wildman–Crippen MR) is 61.2 cm³/mol. The van der Waals surface area contributed by atoms with E-state index in [0.29, 0.717) is 12.3 Å². The van der Waals surface area contributed by atoms with Gasteiger partial charge in [0.05, 0.1) is 6.04 Å². The smallest absolute Gasteiger partial charge is 0.149 e. The van der Waals surface area contributed by atoms with Crippen LogP contribution < -0.4 is 5.73 Å². The first-order chi connectivity index (χ1) is 6.65. The summed E-state index contributed by atoms with van der Waals surface area (Å²) in [5.41, 5.74) is 5.70. The molecule has 0 rings (SSSR count). The zero-order valence-electron chi connectivity index (χ0n) is 9.88. The van der Waals surface area contributed by atoms with Gasteiger partial charge in [-0.05, 0) is 12.3 Å². The molecule has 0 saturated carbocycles. The Morgan fingerprint density at radius 3 is 2.29 bits per heavy atom. The van der Waals surface area contributed by atoms with Crippen molar-refractivity contribution in [2.45, 2.75) is 65.3 Å². The number of ketones is 1. The molecule has 14 heavy (non-hydrogen) atoms. The van der Waals surface area contributed by atoms with Gasteiger partial charge < -0.3 is 5.73 Å². The molecule has 84 valence electrons. The minimum Gasteiger partial charge on any atom is -0.322 e. The lowest BCUT2D eigenvalue weighted by molar-refractivity contribution is -0.121. The summed E-state index contributed by atoms with van der Waals surface area (Å²) in [6.45, 7) is 6.31. The summed E-state index contributed by atoms with van der Waals surface area (Å²) in [5, 5.41) is 0. The Morgan fingerprint density at radius 2 is 1.86 bits per heavy atom. The highest BCUT2D eigenvalue weighted by atomic mass is 16.1. The SMILES string of the molecule is CCCCC(CC)CC(=O)C(N)CC. The summed E-state index contributed by atoms with van der Waals surface area (Å²) in [5.74, 6) is 0.801. The van der Waals surface area contributed by atoms with E-state index in [1.54, 1.807) is 0 Å². The first-order valence-electron chi connectivity index (χ1n) is 5.93. The maximum absolute atomic E-state index is 11.6. The van der Waals surface area contributed by atoms with E-state index in [-0.39, 0.29) is 11.8 Å². The quantitative estimate of drug-likeness (QED) is 0.653. The van der Waals surface area contributed by atoms with E-state index < -0.39 is 0 Å². The van der Waals surface area contributed by atoms with Gasteiger partial charge in [-0.1, -0.05) is 46.5 Å². The van der Waals surface area contributed by atoms with E-state index >= 15 is 0 Å². The molecule has 0 aromatic carbocycles. The number of rotatable bonds is 8. The van der Waals surface area contributed by atoms with Gasteiger partial charge in [0.2, 0.25) is 0 Å². The zero-order valence-corrected chi connectivity index (χ0v) is 9.88. The van der Waals surface area contributed by atoms with E-state index in [9.17, 15) is 4.79 Å². The molecule has 0 amide bonds. The molecule has 0 aliphatic rings. The second-order valence-electron chi connectivity index (χ2n) is 4.10. The average Bonchev–Trinajstić information content (AvgIpc) is 2.22. The molecule has 0 saturated heterocycles. The first kappa shape index (κ1) is 13.6. The van der Waals surface area contributed by atoms with Crippen molar-refractivity contribution in [3.63, 3.8) is 0 Å². The van der Waals surface area contributed by atoms with Crippen LogP contribution in [-0.4, -0.2) is 11.8 Å². The van der Waals surface area contributed by atoms with Crippen LogP contribution in [0.25, 0.3) is 0 Å². The molecule has 0 aliphatic carbocycles. The van der Waals surface area contributed by atoms with Crippen LogP contribution >= 0.6 is 0 Å². The second kappa shape index (κ2) is 7.98. The Kier molecular flexibility index (Phi) is 7.77. The Balaban J connectivity index is 3.85. The van der Waals surface area contributed by atoms with Crippen molar-refractivity contribution in [3.05, 3.63) is 0 Å². The number of carbonyl (C=O) groups excluding carboxylic acids is 1. The van der Waals surface area contributed by atoms with Crippen LogP contribution in [0.2, 0.25) is 0 Å². The molecule has 0 fully saturated rings. The van der Waals surface area contributed by atoms with E-state index in [1.807, 2.05) is 6.92 Å². The molecule has 2 nitrogen and oxygen atoms in total. The number of hydrogen-bond acceptors (Lipinski definition) is 2. The molecule has 0 spiro atoms. The summed E-state index contributed by atoms with van der Waals surface area (Å²) in [4.78, 5) is 11.6. The van der Waals surface area contributed by atoms with Crippen LogP contribution in [0.4, 0.5) is 0 Å².